The maximum atomic E-state index is 2.52. The first-order chi connectivity index (χ1) is 28.5. The van der Waals surface area contributed by atoms with Gasteiger partial charge < -0.3 is 9.47 Å². The van der Waals surface area contributed by atoms with E-state index in [1.54, 1.807) is 0 Å². The maximum absolute atomic E-state index is 2.52. The Morgan fingerprint density at radius 3 is 1.31 bits per heavy atom. The van der Waals surface area contributed by atoms with Crippen LogP contribution in [-0.2, 0) is 16.2 Å². The van der Waals surface area contributed by atoms with E-state index in [4.69, 9.17) is 0 Å². The summed E-state index contributed by atoms with van der Waals surface area (Å²) in [5.74, 6) is 0. The van der Waals surface area contributed by atoms with E-state index >= 15 is 0 Å². The molecule has 0 aliphatic heterocycles. The molecule has 0 radical (unpaired) electrons. The van der Waals surface area contributed by atoms with Crippen molar-refractivity contribution in [2.24, 2.45) is 0 Å². The lowest BCUT2D eigenvalue weighted by molar-refractivity contribution is 0.659. The summed E-state index contributed by atoms with van der Waals surface area (Å²) < 4.78 is 2.44. The molecule has 0 N–H and O–H groups in total. The standard InChI is InChI=1S/C57H46N2/c1-55(2)47-21-13-10-18-39(47)41-27-24-36(30-49(41)55)58(37-25-28-42-40-19-11-14-22-48(40)56(3,4)50(42)31-37)38-26-29-43-45-33-46-44-20-12-15-23-53(44)59(35-16-8-7-9-17-35)54(46)34-52(45)57(5,6)51(43)32-38/h7-34H,1-6H3. The molecule has 1 heterocycles. The van der Waals surface area contributed by atoms with Gasteiger partial charge in [-0.05, 0) is 133 Å². The largest absolute Gasteiger partial charge is 0.310 e. The van der Waals surface area contributed by atoms with Gasteiger partial charge in [0.1, 0.15) is 0 Å². The maximum Gasteiger partial charge on any atom is 0.0544 e. The summed E-state index contributed by atoms with van der Waals surface area (Å²) in [5.41, 5.74) is 23.1. The highest BCUT2D eigenvalue weighted by molar-refractivity contribution is 6.11. The summed E-state index contributed by atoms with van der Waals surface area (Å²) in [6.45, 7) is 14.3. The molecule has 0 spiro atoms. The minimum absolute atomic E-state index is 0.108. The van der Waals surface area contributed by atoms with Gasteiger partial charge >= 0.3 is 0 Å². The highest BCUT2D eigenvalue weighted by Gasteiger charge is 2.40. The topological polar surface area (TPSA) is 8.17 Å². The highest BCUT2D eigenvalue weighted by atomic mass is 15.1. The number of benzene rings is 8. The van der Waals surface area contributed by atoms with Crippen LogP contribution in [0.1, 0.15) is 74.9 Å². The summed E-state index contributed by atoms with van der Waals surface area (Å²) in [6.07, 6.45) is 0. The van der Waals surface area contributed by atoms with Crippen molar-refractivity contribution < 1.29 is 0 Å². The van der Waals surface area contributed by atoms with Gasteiger partial charge in [0.05, 0.1) is 11.0 Å². The Bertz CT molecular complexity index is 3140. The van der Waals surface area contributed by atoms with E-state index in [-0.39, 0.29) is 16.2 Å². The van der Waals surface area contributed by atoms with Crippen LogP contribution in [0.5, 0.6) is 0 Å². The van der Waals surface area contributed by atoms with Gasteiger partial charge in [-0.1, -0.05) is 145 Å². The van der Waals surface area contributed by atoms with Crippen LogP contribution in [0.25, 0.3) is 60.9 Å². The smallest absolute Gasteiger partial charge is 0.0544 e. The second kappa shape index (κ2) is 11.7. The molecule has 0 bridgehead atoms. The molecule has 2 nitrogen and oxygen atoms in total. The molecule has 284 valence electrons. The summed E-state index contributed by atoms with van der Waals surface area (Å²) in [6, 6.07) is 64.1. The molecule has 0 amide bonds. The summed E-state index contributed by atoms with van der Waals surface area (Å²) in [5, 5.41) is 2.58. The molecule has 0 atom stereocenters. The lowest BCUT2D eigenvalue weighted by Crippen LogP contribution is -2.19. The van der Waals surface area contributed by atoms with Gasteiger partial charge in [-0.25, -0.2) is 0 Å². The minimum Gasteiger partial charge on any atom is -0.310 e. The van der Waals surface area contributed by atoms with Gasteiger partial charge in [0.25, 0.3) is 0 Å². The van der Waals surface area contributed by atoms with Crippen molar-refractivity contribution in [2.45, 2.75) is 57.8 Å². The molecule has 12 rings (SSSR count). The van der Waals surface area contributed by atoms with Gasteiger partial charge in [-0.3, -0.25) is 0 Å². The number of anilines is 3. The summed E-state index contributed by atoms with van der Waals surface area (Å²) >= 11 is 0. The quantitative estimate of drug-likeness (QED) is 0.174. The molecule has 8 aromatic carbocycles. The van der Waals surface area contributed by atoms with Crippen molar-refractivity contribution >= 4 is 38.9 Å². The Morgan fingerprint density at radius 2 is 0.746 bits per heavy atom. The van der Waals surface area contributed by atoms with Crippen LogP contribution >= 0.6 is 0 Å². The molecular weight excluding hydrogens is 713 g/mol. The van der Waals surface area contributed by atoms with Crippen LogP contribution in [0.4, 0.5) is 17.1 Å². The number of hydrogen-bond donors (Lipinski definition) is 0. The molecule has 0 unspecified atom stereocenters. The zero-order chi connectivity index (χ0) is 40.0. The van der Waals surface area contributed by atoms with Crippen LogP contribution in [0.3, 0.4) is 0 Å². The van der Waals surface area contributed by atoms with Crippen molar-refractivity contribution in [2.75, 3.05) is 4.90 Å². The minimum atomic E-state index is -0.221. The Balaban J connectivity index is 1.06. The van der Waals surface area contributed by atoms with E-state index in [0.717, 1.165) is 0 Å². The molecule has 0 saturated heterocycles. The van der Waals surface area contributed by atoms with Crippen LogP contribution < -0.4 is 4.90 Å². The van der Waals surface area contributed by atoms with Crippen LogP contribution in [0.15, 0.2) is 170 Å². The van der Waals surface area contributed by atoms with Gasteiger partial charge in [-0.2, -0.15) is 0 Å². The second-order valence-electron chi connectivity index (χ2n) is 18.6. The molecule has 3 aliphatic carbocycles. The molecule has 0 fully saturated rings. The molecule has 2 heteroatoms. The number of para-hydroxylation sites is 2. The summed E-state index contributed by atoms with van der Waals surface area (Å²) in [4.78, 5) is 2.52. The molecule has 9 aromatic rings. The van der Waals surface area contributed by atoms with E-state index in [2.05, 4.69) is 221 Å². The first-order valence-corrected chi connectivity index (χ1v) is 21.1. The first-order valence-electron chi connectivity index (χ1n) is 21.1. The Morgan fingerprint density at radius 1 is 0.322 bits per heavy atom. The zero-order valence-corrected chi connectivity index (χ0v) is 34.6. The van der Waals surface area contributed by atoms with Gasteiger partial charge in [0.15, 0.2) is 0 Å². The second-order valence-corrected chi connectivity index (χ2v) is 18.6. The van der Waals surface area contributed by atoms with E-state index < -0.39 is 0 Å². The highest BCUT2D eigenvalue weighted by Crippen LogP contribution is 2.56. The molecule has 3 aliphatic rings. The van der Waals surface area contributed by atoms with Crippen molar-refractivity contribution in [3.8, 4) is 39.1 Å². The van der Waals surface area contributed by atoms with Crippen molar-refractivity contribution in [1.82, 2.24) is 4.57 Å². The number of hydrogen-bond acceptors (Lipinski definition) is 1. The monoisotopic (exact) mass is 758 g/mol. The van der Waals surface area contributed by atoms with Gasteiger partial charge in [-0.15, -0.1) is 0 Å². The third-order valence-electron chi connectivity index (χ3n) is 14.4. The molecule has 59 heavy (non-hydrogen) atoms. The first kappa shape index (κ1) is 34.4. The van der Waals surface area contributed by atoms with Crippen LogP contribution in [0.2, 0.25) is 0 Å². The number of rotatable bonds is 4. The SMILES string of the molecule is CC1(C)c2ccccc2-c2ccc(N(c3ccc4c(c3)C(C)(C)c3ccccc3-4)c3ccc4c(c3)C(C)(C)c3cc5c(cc3-4)c3ccccc3n5-c3ccccc3)cc21. The third-order valence-corrected chi connectivity index (χ3v) is 14.4. The molecular formula is C57H46N2. The number of nitrogens with zero attached hydrogens (tertiary/aromatic N) is 2. The Kier molecular flexibility index (Phi) is 6.84. The number of aromatic nitrogens is 1. The van der Waals surface area contributed by atoms with E-state index in [0.29, 0.717) is 0 Å². The average molecular weight is 759 g/mol. The van der Waals surface area contributed by atoms with Crippen molar-refractivity contribution in [3.05, 3.63) is 203 Å². The van der Waals surface area contributed by atoms with Gasteiger partial charge in [0.2, 0.25) is 0 Å². The average Bonchev–Trinajstić information content (AvgIpc) is 3.86. The Hall–Kier alpha value is -6.64. The number of fused-ring (bicyclic) bond motifs is 12. The van der Waals surface area contributed by atoms with Gasteiger partial charge in [0, 0.05) is 49.8 Å². The fraction of sp³-hybridized carbons (Fsp3) is 0.158. The zero-order valence-electron chi connectivity index (χ0n) is 34.6. The van der Waals surface area contributed by atoms with Crippen LogP contribution in [-0.4, -0.2) is 4.57 Å². The van der Waals surface area contributed by atoms with E-state index in [1.165, 1.54) is 111 Å². The van der Waals surface area contributed by atoms with Crippen LogP contribution in [0, 0.1) is 0 Å². The molecule has 0 saturated carbocycles. The Labute approximate surface area is 347 Å². The lowest BCUT2D eigenvalue weighted by Gasteiger charge is -2.31. The summed E-state index contributed by atoms with van der Waals surface area (Å²) in [7, 11) is 0. The third kappa shape index (κ3) is 4.58. The fourth-order valence-corrected chi connectivity index (χ4v) is 11.3. The fourth-order valence-electron chi connectivity index (χ4n) is 11.3. The normalized spacial score (nSPS) is 15.7. The predicted octanol–water partition coefficient (Wildman–Crippen LogP) is 15.2. The van der Waals surface area contributed by atoms with E-state index in [9.17, 15) is 0 Å². The van der Waals surface area contributed by atoms with E-state index in [1.807, 2.05) is 0 Å². The van der Waals surface area contributed by atoms with Crippen molar-refractivity contribution in [3.63, 3.8) is 0 Å². The van der Waals surface area contributed by atoms with Crippen molar-refractivity contribution in [1.29, 1.82) is 0 Å². The molecule has 1 aromatic heterocycles. The predicted molar refractivity (Wildman–Crippen MR) is 248 cm³/mol. The lowest BCUT2D eigenvalue weighted by atomic mass is 9.81.